The third-order valence-corrected chi connectivity index (χ3v) is 6.10. The van der Waals surface area contributed by atoms with Crippen molar-refractivity contribution >= 4 is 28.1 Å². The van der Waals surface area contributed by atoms with Gasteiger partial charge in [-0.1, -0.05) is 12.1 Å². The molecule has 0 aliphatic carbocycles. The maximum Gasteiger partial charge on any atom is 0.164 e. The Labute approximate surface area is 186 Å². The van der Waals surface area contributed by atoms with E-state index in [1.807, 2.05) is 50.2 Å². The smallest absolute Gasteiger partial charge is 0.164 e. The van der Waals surface area contributed by atoms with E-state index in [2.05, 4.69) is 16.0 Å². The van der Waals surface area contributed by atoms with Gasteiger partial charge >= 0.3 is 0 Å². The van der Waals surface area contributed by atoms with Crippen LogP contribution in [0.3, 0.4) is 0 Å². The van der Waals surface area contributed by atoms with Crippen LogP contribution >= 0.6 is 0 Å². The average molecular weight is 426 g/mol. The first-order chi connectivity index (χ1) is 15.5. The molecule has 4 aromatic rings. The molecule has 0 amide bonds. The van der Waals surface area contributed by atoms with E-state index < -0.39 is 0 Å². The van der Waals surface area contributed by atoms with Crippen LogP contribution in [0.25, 0.3) is 22.3 Å². The first-order valence-electron chi connectivity index (χ1n) is 10.6. The monoisotopic (exact) mass is 426 g/mol. The summed E-state index contributed by atoms with van der Waals surface area (Å²) >= 11 is 0. The summed E-state index contributed by atoms with van der Waals surface area (Å²) in [5.74, 6) is 1.00. The predicted octanol–water partition coefficient (Wildman–Crippen LogP) is 5.09. The molecular formula is C25H23FN6. The van der Waals surface area contributed by atoms with Crippen LogP contribution in [0.2, 0.25) is 0 Å². The fourth-order valence-corrected chi connectivity index (χ4v) is 4.55. The van der Waals surface area contributed by atoms with E-state index in [1.54, 1.807) is 6.07 Å². The van der Waals surface area contributed by atoms with Crippen LogP contribution in [0.15, 0.2) is 42.5 Å². The van der Waals surface area contributed by atoms with Crippen LogP contribution in [-0.2, 0) is 6.42 Å². The Bertz CT molecular complexity index is 1380. The number of fused-ring (bicyclic) bond motifs is 2. The van der Waals surface area contributed by atoms with E-state index >= 15 is 0 Å². The van der Waals surface area contributed by atoms with Gasteiger partial charge in [0.2, 0.25) is 0 Å². The molecular weight excluding hydrogens is 403 g/mol. The summed E-state index contributed by atoms with van der Waals surface area (Å²) in [7, 11) is 3.93. The Morgan fingerprint density at radius 1 is 1.19 bits per heavy atom. The van der Waals surface area contributed by atoms with Gasteiger partial charge in [-0.2, -0.15) is 5.26 Å². The molecule has 0 atom stereocenters. The molecule has 0 saturated carbocycles. The molecule has 0 saturated heterocycles. The van der Waals surface area contributed by atoms with E-state index in [4.69, 9.17) is 9.97 Å². The van der Waals surface area contributed by atoms with Crippen molar-refractivity contribution in [1.29, 1.82) is 5.26 Å². The number of hydrogen-bond acceptors (Lipinski definition) is 5. The highest BCUT2D eigenvalue weighted by Crippen LogP contribution is 2.40. The molecule has 1 aliphatic heterocycles. The number of nitriles is 1. The van der Waals surface area contributed by atoms with Gasteiger partial charge in [0.25, 0.3) is 0 Å². The maximum absolute atomic E-state index is 14.0. The Balaban J connectivity index is 1.78. The highest BCUT2D eigenvalue weighted by atomic mass is 19.1. The summed E-state index contributed by atoms with van der Waals surface area (Å²) in [5, 5.41) is 10.5. The lowest BCUT2D eigenvalue weighted by Crippen LogP contribution is -2.29. The van der Waals surface area contributed by atoms with Crippen LogP contribution in [0.4, 0.5) is 21.6 Å². The summed E-state index contributed by atoms with van der Waals surface area (Å²) in [6, 6.07) is 14.4. The quantitative estimate of drug-likeness (QED) is 0.494. The molecule has 0 spiro atoms. The van der Waals surface area contributed by atoms with Crippen molar-refractivity contribution in [2.24, 2.45) is 0 Å². The maximum atomic E-state index is 14.0. The van der Waals surface area contributed by atoms with Gasteiger partial charge in [-0.15, -0.1) is 0 Å². The first kappa shape index (κ1) is 20.0. The minimum absolute atomic E-state index is 0.294. The average Bonchev–Trinajstić information content (AvgIpc) is 3.13. The minimum atomic E-state index is -0.294. The fourth-order valence-electron chi connectivity index (χ4n) is 4.55. The van der Waals surface area contributed by atoms with Crippen molar-refractivity contribution in [3.63, 3.8) is 0 Å². The van der Waals surface area contributed by atoms with E-state index in [0.717, 1.165) is 58.7 Å². The lowest BCUT2D eigenvalue weighted by atomic mass is 10.0. The number of nitrogens with zero attached hydrogens (tertiary/aromatic N) is 5. The number of nitrogens with one attached hydrogen (secondary N) is 1. The third kappa shape index (κ3) is 3.16. The SMILES string of the molecule is Cc1[nH]c2cccc(C#N)c2c1-c1nc2c(c(N(C)c3cccc(F)c3)n1)N(C)CCC2. The van der Waals surface area contributed by atoms with Crippen LogP contribution in [0, 0.1) is 24.1 Å². The van der Waals surface area contributed by atoms with Gasteiger partial charge in [-0.25, -0.2) is 14.4 Å². The van der Waals surface area contributed by atoms with Crippen molar-refractivity contribution in [2.45, 2.75) is 19.8 Å². The number of H-pyrrole nitrogens is 1. The van der Waals surface area contributed by atoms with Gasteiger partial charge in [0.15, 0.2) is 11.6 Å². The summed E-state index contributed by atoms with van der Waals surface area (Å²) in [5.41, 5.74) is 5.85. The number of hydrogen-bond donors (Lipinski definition) is 1. The zero-order valence-electron chi connectivity index (χ0n) is 18.3. The lowest BCUT2D eigenvalue weighted by molar-refractivity contribution is 0.628. The molecule has 1 aliphatic rings. The Kier molecular flexibility index (Phi) is 4.78. The Morgan fingerprint density at radius 2 is 2.00 bits per heavy atom. The van der Waals surface area contributed by atoms with Gasteiger partial charge in [0, 0.05) is 48.5 Å². The fraction of sp³-hybridized carbons (Fsp3) is 0.240. The zero-order chi connectivity index (χ0) is 22.4. The number of aromatic nitrogens is 3. The topological polar surface area (TPSA) is 71.8 Å². The van der Waals surface area contributed by atoms with E-state index in [-0.39, 0.29) is 5.82 Å². The number of rotatable bonds is 3. The van der Waals surface area contributed by atoms with Crippen molar-refractivity contribution in [3.05, 3.63) is 65.2 Å². The predicted molar refractivity (Wildman–Crippen MR) is 125 cm³/mol. The highest BCUT2D eigenvalue weighted by Gasteiger charge is 2.26. The largest absolute Gasteiger partial charge is 0.370 e. The molecule has 32 heavy (non-hydrogen) atoms. The molecule has 1 N–H and O–H groups in total. The number of aryl methyl sites for hydroxylation is 2. The molecule has 2 aromatic heterocycles. The van der Waals surface area contributed by atoms with E-state index in [0.29, 0.717) is 17.1 Å². The molecule has 0 radical (unpaired) electrons. The van der Waals surface area contributed by atoms with Crippen molar-refractivity contribution in [1.82, 2.24) is 15.0 Å². The van der Waals surface area contributed by atoms with Gasteiger partial charge in [-0.05, 0) is 50.1 Å². The van der Waals surface area contributed by atoms with Gasteiger partial charge in [0.05, 0.1) is 17.3 Å². The number of aromatic amines is 1. The molecule has 2 aromatic carbocycles. The molecule has 0 unspecified atom stereocenters. The second kappa shape index (κ2) is 7.65. The molecule has 0 bridgehead atoms. The van der Waals surface area contributed by atoms with Gasteiger partial charge in [0.1, 0.15) is 11.5 Å². The first-order valence-corrected chi connectivity index (χ1v) is 10.6. The van der Waals surface area contributed by atoms with Crippen LogP contribution in [-0.4, -0.2) is 35.6 Å². The number of halogens is 1. The molecule has 0 fully saturated rings. The number of anilines is 3. The highest BCUT2D eigenvalue weighted by molar-refractivity contribution is 6.00. The molecule has 7 heteroatoms. The lowest BCUT2D eigenvalue weighted by Gasteiger charge is -2.32. The van der Waals surface area contributed by atoms with Crippen molar-refractivity contribution < 1.29 is 4.39 Å². The minimum Gasteiger partial charge on any atom is -0.370 e. The van der Waals surface area contributed by atoms with Gasteiger partial charge in [-0.3, -0.25) is 0 Å². The normalized spacial score (nSPS) is 13.2. The molecule has 160 valence electrons. The summed E-state index contributed by atoms with van der Waals surface area (Å²) in [6.07, 6.45) is 1.84. The van der Waals surface area contributed by atoms with Crippen molar-refractivity contribution in [2.75, 3.05) is 30.4 Å². The second-order valence-corrected chi connectivity index (χ2v) is 8.20. The summed E-state index contributed by atoms with van der Waals surface area (Å²) in [6.45, 7) is 2.88. The second-order valence-electron chi connectivity index (χ2n) is 8.20. The van der Waals surface area contributed by atoms with Crippen LogP contribution in [0.1, 0.15) is 23.4 Å². The molecule has 6 nitrogen and oxygen atoms in total. The zero-order valence-corrected chi connectivity index (χ0v) is 18.3. The molecule has 5 rings (SSSR count). The Morgan fingerprint density at radius 3 is 2.78 bits per heavy atom. The van der Waals surface area contributed by atoms with Crippen LogP contribution in [0.5, 0.6) is 0 Å². The van der Waals surface area contributed by atoms with E-state index in [1.165, 1.54) is 12.1 Å². The van der Waals surface area contributed by atoms with Crippen LogP contribution < -0.4 is 9.80 Å². The van der Waals surface area contributed by atoms with Crippen molar-refractivity contribution in [3.8, 4) is 17.5 Å². The standard InChI is InChI=1S/C25H23FN6/c1-15-21(22-16(14-27)7-4-10-19(22)28-15)24-29-20-11-6-12-31(2)23(20)25(30-24)32(3)18-9-5-8-17(26)13-18/h4-5,7-10,13,28H,6,11-12H2,1-3H3. The summed E-state index contributed by atoms with van der Waals surface area (Å²) in [4.78, 5) is 17.4. The van der Waals surface area contributed by atoms with E-state index in [9.17, 15) is 9.65 Å². The number of benzene rings is 2. The summed E-state index contributed by atoms with van der Waals surface area (Å²) < 4.78 is 14.0. The third-order valence-electron chi connectivity index (χ3n) is 6.10. The van der Waals surface area contributed by atoms with Gasteiger partial charge < -0.3 is 14.8 Å². The molecule has 3 heterocycles. The Hall–Kier alpha value is -3.92.